The van der Waals surface area contributed by atoms with Crippen LogP contribution >= 0.6 is 22.9 Å². The van der Waals surface area contributed by atoms with E-state index in [4.69, 9.17) is 16.9 Å². The number of nitriles is 1. The maximum Gasteiger partial charge on any atom is 0.151 e. The monoisotopic (exact) mass is 273 g/mol. The molecule has 2 aromatic heterocycles. The summed E-state index contributed by atoms with van der Waals surface area (Å²) in [6.07, 6.45) is 0. The Morgan fingerprint density at radius 3 is 2.83 bits per heavy atom. The van der Waals surface area contributed by atoms with Gasteiger partial charge < -0.3 is 4.57 Å². The molecule has 3 aromatic rings. The Hall–Kier alpha value is -1.83. The number of aryl methyl sites for hydroxylation is 1. The fourth-order valence-corrected chi connectivity index (χ4v) is 3.03. The number of benzene rings is 1. The molecule has 3 nitrogen and oxygen atoms in total. The van der Waals surface area contributed by atoms with Crippen LogP contribution in [0.2, 0.25) is 4.34 Å². The third-order valence-electron chi connectivity index (χ3n) is 2.83. The minimum Gasteiger partial charge on any atom is -0.326 e. The van der Waals surface area contributed by atoms with Crippen LogP contribution in [0.4, 0.5) is 0 Å². The van der Waals surface area contributed by atoms with Gasteiger partial charge in [0.15, 0.2) is 5.82 Å². The summed E-state index contributed by atoms with van der Waals surface area (Å²) < 4.78 is 2.72. The van der Waals surface area contributed by atoms with Gasteiger partial charge in [-0.3, -0.25) is 0 Å². The molecule has 0 amide bonds. The SMILES string of the molecule is Cn1c(-c2ccc(Cl)s2)nc2c(C#N)cccc21. The molecule has 0 aliphatic rings. The maximum atomic E-state index is 9.09. The first-order valence-electron chi connectivity index (χ1n) is 5.32. The van der Waals surface area contributed by atoms with Crippen LogP contribution in [-0.4, -0.2) is 9.55 Å². The topological polar surface area (TPSA) is 41.6 Å². The number of fused-ring (bicyclic) bond motifs is 1. The average Bonchev–Trinajstić information content (AvgIpc) is 2.94. The normalized spacial score (nSPS) is 10.7. The highest BCUT2D eigenvalue weighted by Gasteiger charge is 2.13. The smallest absolute Gasteiger partial charge is 0.151 e. The molecule has 0 spiro atoms. The summed E-state index contributed by atoms with van der Waals surface area (Å²) >= 11 is 7.43. The standard InChI is InChI=1S/C13H8ClN3S/c1-17-9-4-2-3-8(7-15)12(9)16-13(17)10-5-6-11(14)18-10/h2-6H,1H3. The van der Waals surface area contributed by atoms with E-state index in [-0.39, 0.29) is 0 Å². The number of rotatable bonds is 1. The zero-order valence-corrected chi connectivity index (χ0v) is 11.1. The van der Waals surface area contributed by atoms with Gasteiger partial charge in [-0.1, -0.05) is 17.7 Å². The van der Waals surface area contributed by atoms with Gasteiger partial charge in [0.25, 0.3) is 0 Å². The van der Waals surface area contributed by atoms with E-state index in [2.05, 4.69) is 11.1 Å². The van der Waals surface area contributed by atoms with Gasteiger partial charge in [0.1, 0.15) is 11.6 Å². The summed E-state index contributed by atoms with van der Waals surface area (Å²) in [7, 11) is 1.94. The number of hydrogen-bond acceptors (Lipinski definition) is 3. The summed E-state index contributed by atoms with van der Waals surface area (Å²) in [6, 6.07) is 11.6. The molecule has 3 rings (SSSR count). The van der Waals surface area contributed by atoms with Gasteiger partial charge in [-0.15, -0.1) is 11.3 Å². The molecule has 5 heteroatoms. The van der Waals surface area contributed by atoms with Gasteiger partial charge in [0.05, 0.1) is 20.3 Å². The van der Waals surface area contributed by atoms with Crippen LogP contribution in [0.1, 0.15) is 5.56 Å². The number of halogens is 1. The summed E-state index contributed by atoms with van der Waals surface area (Å²) in [4.78, 5) is 5.56. The van der Waals surface area contributed by atoms with Gasteiger partial charge in [-0.05, 0) is 24.3 Å². The van der Waals surface area contributed by atoms with Gasteiger partial charge >= 0.3 is 0 Å². The van der Waals surface area contributed by atoms with Gasteiger partial charge in [0, 0.05) is 7.05 Å². The lowest BCUT2D eigenvalue weighted by Crippen LogP contribution is -1.90. The average molecular weight is 274 g/mol. The predicted molar refractivity (Wildman–Crippen MR) is 73.8 cm³/mol. The van der Waals surface area contributed by atoms with Gasteiger partial charge in [-0.2, -0.15) is 5.26 Å². The number of thiophene rings is 1. The molecule has 0 saturated carbocycles. The molecule has 0 aliphatic carbocycles. The van der Waals surface area contributed by atoms with E-state index in [0.717, 1.165) is 26.1 Å². The number of nitrogens with zero attached hydrogens (tertiary/aromatic N) is 3. The Morgan fingerprint density at radius 2 is 2.17 bits per heavy atom. The molecular formula is C13H8ClN3S. The molecule has 1 aromatic carbocycles. The second-order valence-corrected chi connectivity index (χ2v) is 5.60. The van der Waals surface area contributed by atoms with Gasteiger partial charge in [-0.25, -0.2) is 4.98 Å². The van der Waals surface area contributed by atoms with E-state index in [1.807, 2.05) is 35.9 Å². The van der Waals surface area contributed by atoms with Crippen LogP contribution in [-0.2, 0) is 7.05 Å². The van der Waals surface area contributed by atoms with Crippen molar-refractivity contribution in [1.29, 1.82) is 5.26 Å². The third kappa shape index (κ3) is 1.60. The van der Waals surface area contributed by atoms with Crippen LogP contribution < -0.4 is 0 Å². The van der Waals surface area contributed by atoms with Crippen molar-refractivity contribution in [2.45, 2.75) is 0 Å². The van der Waals surface area contributed by atoms with E-state index in [1.165, 1.54) is 11.3 Å². The molecule has 88 valence electrons. The summed E-state index contributed by atoms with van der Waals surface area (Å²) in [6.45, 7) is 0. The largest absolute Gasteiger partial charge is 0.326 e. The molecule has 0 bridgehead atoms. The molecule has 0 fully saturated rings. The molecule has 0 atom stereocenters. The lowest BCUT2D eigenvalue weighted by molar-refractivity contribution is 0.963. The van der Waals surface area contributed by atoms with E-state index >= 15 is 0 Å². The molecule has 0 aliphatic heterocycles. The molecule has 0 unspecified atom stereocenters. The lowest BCUT2D eigenvalue weighted by Gasteiger charge is -1.98. The molecule has 2 heterocycles. The number of imidazole rings is 1. The summed E-state index contributed by atoms with van der Waals surface area (Å²) in [5, 5.41) is 9.09. The molecule has 0 radical (unpaired) electrons. The summed E-state index contributed by atoms with van der Waals surface area (Å²) in [5.74, 6) is 0.838. The van der Waals surface area contributed by atoms with Crippen LogP contribution in [0.5, 0.6) is 0 Å². The summed E-state index contributed by atoms with van der Waals surface area (Å²) in [5.41, 5.74) is 2.28. The van der Waals surface area contributed by atoms with E-state index in [9.17, 15) is 0 Å². The highest BCUT2D eigenvalue weighted by Crippen LogP contribution is 2.32. The molecule has 0 N–H and O–H groups in total. The second kappa shape index (κ2) is 4.13. The van der Waals surface area contributed by atoms with Crippen LogP contribution in [0, 0.1) is 11.3 Å². The fraction of sp³-hybridized carbons (Fsp3) is 0.0769. The van der Waals surface area contributed by atoms with Crippen molar-refractivity contribution in [3.8, 4) is 16.8 Å². The number of aromatic nitrogens is 2. The van der Waals surface area contributed by atoms with E-state index in [0.29, 0.717) is 5.56 Å². The van der Waals surface area contributed by atoms with Crippen molar-refractivity contribution < 1.29 is 0 Å². The van der Waals surface area contributed by atoms with E-state index in [1.54, 1.807) is 6.07 Å². The Bertz CT molecular complexity index is 779. The van der Waals surface area contributed by atoms with Gasteiger partial charge in [0.2, 0.25) is 0 Å². The highest BCUT2D eigenvalue weighted by molar-refractivity contribution is 7.19. The van der Waals surface area contributed by atoms with Crippen molar-refractivity contribution in [3.63, 3.8) is 0 Å². The maximum absolute atomic E-state index is 9.09. The Balaban J connectivity index is 2.33. The lowest BCUT2D eigenvalue weighted by atomic mass is 10.2. The quantitative estimate of drug-likeness (QED) is 0.676. The Labute approximate surface area is 113 Å². The minimum atomic E-state index is 0.594. The molecular weight excluding hydrogens is 266 g/mol. The van der Waals surface area contributed by atoms with Crippen molar-refractivity contribution in [1.82, 2.24) is 9.55 Å². The Morgan fingerprint density at radius 1 is 1.33 bits per heavy atom. The Kier molecular flexibility index (Phi) is 2.58. The van der Waals surface area contributed by atoms with Crippen molar-refractivity contribution in [2.24, 2.45) is 7.05 Å². The zero-order valence-electron chi connectivity index (χ0n) is 9.51. The highest BCUT2D eigenvalue weighted by atomic mass is 35.5. The fourth-order valence-electron chi connectivity index (χ4n) is 1.96. The van der Waals surface area contributed by atoms with Crippen molar-refractivity contribution in [2.75, 3.05) is 0 Å². The molecule has 18 heavy (non-hydrogen) atoms. The zero-order chi connectivity index (χ0) is 12.7. The third-order valence-corrected chi connectivity index (χ3v) is 4.05. The predicted octanol–water partition coefficient (Wildman–Crippen LogP) is 3.83. The second-order valence-electron chi connectivity index (χ2n) is 3.88. The number of hydrogen-bond donors (Lipinski definition) is 0. The first-order valence-corrected chi connectivity index (χ1v) is 6.51. The van der Waals surface area contributed by atoms with Crippen LogP contribution in [0.25, 0.3) is 21.7 Å². The van der Waals surface area contributed by atoms with Crippen LogP contribution in [0.3, 0.4) is 0 Å². The molecule has 0 saturated heterocycles. The van der Waals surface area contributed by atoms with Crippen molar-refractivity contribution in [3.05, 3.63) is 40.2 Å². The van der Waals surface area contributed by atoms with E-state index < -0.39 is 0 Å². The van der Waals surface area contributed by atoms with Crippen molar-refractivity contribution >= 4 is 34.0 Å². The number of para-hydroxylation sites is 1. The minimum absolute atomic E-state index is 0.594. The first kappa shape index (κ1) is 11.3. The first-order chi connectivity index (χ1) is 8.70. The van der Waals surface area contributed by atoms with Crippen LogP contribution in [0.15, 0.2) is 30.3 Å².